The van der Waals surface area contributed by atoms with Crippen molar-refractivity contribution in [1.82, 2.24) is 20.0 Å². The van der Waals surface area contributed by atoms with Crippen LogP contribution in [0.3, 0.4) is 0 Å². The molecule has 2 atom stereocenters. The van der Waals surface area contributed by atoms with E-state index in [0.717, 1.165) is 84.3 Å². The molecule has 8 heteroatoms. The minimum absolute atomic E-state index is 0.0310. The zero-order valence-corrected chi connectivity index (χ0v) is 17.6. The highest BCUT2D eigenvalue weighted by atomic mass is 16.5. The summed E-state index contributed by atoms with van der Waals surface area (Å²) in [6.45, 7) is 8.66. The summed E-state index contributed by atoms with van der Waals surface area (Å²) in [5, 5.41) is 3.53. The Hall–Kier alpha value is -1.38. The predicted octanol–water partition coefficient (Wildman–Crippen LogP) is 0.243. The Balaban J connectivity index is 1.52. The number of rotatable bonds is 6. The van der Waals surface area contributed by atoms with Crippen molar-refractivity contribution < 1.29 is 14.3 Å². The number of ether oxygens (including phenoxy) is 2. The Bertz CT molecular complexity index is 522. The largest absolute Gasteiger partial charge is 0.379 e. The van der Waals surface area contributed by atoms with E-state index >= 15 is 0 Å². The van der Waals surface area contributed by atoms with Crippen molar-refractivity contribution in [2.45, 2.75) is 31.8 Å². The van der Waals surface area contributed by atoms with E-state index in [4.69, 9.17) is 9.47 Å². The topological polar surface area (TPSA) is 69.6 Å². The summed E-state index contributed by atoms with van der Waals surface area (Å²) in [4.78, 5) is 23.1. The van der Waals surface area contributed by atoms with Gasteiger partial charge in [-0.3, -0.25) is 9.69 Å². The van der Waals surface area contributed by atoms with E-state index in [0.29, 0.717) is 12.0 Å². The minimum Gasteiger partial charge on any atom is -0.379 e. The van der Waals surface area contributed by atoms with E-state index in [2.05, 4.69) is 20.1 Å². The molecule has 3 aliphatic heterocycles. The number of amides is 1. The molecule has 0 aromatic rings. The van der Waals surface area contributed by atoms with Gasteiger partial charge in [-0.1, -0.05) is 0 Å². The summed E-state index contributed by atoms with van der Waals surface area (Å²) >= 11 is 0. The van der Waals surface area contributed by atoms with Crippen molar-refractivity contribution in [3.8, 4) is 0 Å². The monoisotopic (exact) mass is 395 g/mol. The summed E-state index contributed by atoms with van der Waals surface area (Å²) in [7, 11) is 3.55. The van der Waals surface area contributed by atoms with Crippen molar-refractivity contribution in [1.29, 1.82) is 0 Å². The molecular weight excluding hydrogens is 358 g/mol. The van der Waals surface area contributed by atoms with Gasteiger partial charge >= 0.3 is 0 Å². The van der Waals surface area contributed by atoms with Crippen LogP contribution in [0.5, 0.6) is 0 Å². The Labute approximate surface area is 169 Å². The number of likely N-dealkylation sites (tertiary alicyclic amines) is 1. The molecule has 0 saturated carbocycles. The number of morpholine rings is 1. The molecule has 28 heavy (non-hydrogen) atoms. The highest BCUT2D eigenvalue weighted by Gasteiger charge is 2.33. The maximum atomic E-state index is 12.0. The van der Waals surface area contributed by atoms with Crippen LogP contribution in [0.2, 0.25) is 0 Å². The third-order valence-corrected chi connectivity index (χ3v) is 5.92. The van der Waals surface area contributed by atoms with Gasteiger partial charge in [0.2, 0.25) is 5.91 Å². The number of fused-ring (bicyclic) bond motifs is 1. The fraction of sp³-hybridized carbons (Fsp3) is 0.900. The molecule has 3 saturated heterocycles. The molecule has 0 spiro atoms. The Morgan fingerprint density at radius 2 is 2.00 bits per heavy atom. The lowest BCUT2D eigenvalue weighted by atomic mass is 9.88. The molecule has 160 valence electrons. The van der Waals surface area contributed by atoms with Crippen LogP contribution in [0.1, 0.15) is 25.7 Å². The third-order valence-electron chi connectivity index (χ3n) is 5.92. The second-order valence-electron chi connectivity index (χ2n) is 8.21. The Morgan fingerprint density at radius 1 is 1.18 bits per heavy atom. The first-order valence-electron chi connectivity index (χ1n) is 10.8. The molecule has 3 fully saturated rings. The first kappa shape index (κ1) is 21.3. The SMILES string of the molecule is CN(C)C(=O)CN=C(NCCCN1CCOCC1)N1CCC2OCCCC2C1. The van der Waals surface area contributed by atoms with Gasteiger partial charge < -0.3 is 24.6 Å². The summed E-state index contributed by atoms with van der Waals surface area (Å²) in [5.74, 6) is 1.48. The lowest BCUT2D eigenvalue weighted by molar-refractivity contribution is -0.127. The number of hydrogen-bond acceptors (Lipinski definition) is 5. The molecule has 3 rings (SSSR count). The fourth-order valence-electron chi connectivity index (χ4n) is 4.16. The quantitative estimate of drug-likeness (QED) is 0.395. The van der Waals surface area contributed by atoms with E-state index in [9.17, 15) is 4.79 Å². The number of nitrogens with zero attached hydrogens (tertiary/aromatic N) is 4. The molecule has 3 heterocycles. The molecule has 1 amide bonds. The maximum absolute atomic E-state index is 12.0. The van der Waals surface area contributed by atoms with Gasteiger partial charge in [-0.15, -0.1) is 0 Å². The lowest BCUT2D eigenvalue weighted by Crippen LogP contribution is -2.52. The second kappa shape index (κ2) is 11.0. The maximum Gasteiger partial charge on any atom is 0.243 e. The average molecular weight is 396 g/mol. The van der Waals surface area contributed by atoms with Crippen LogP contribution in [-0.2, 0) is 14.3 Å². The van der Waals surface area contributed by atoms with E-state index in [-0.39, 0.29) is 12.5 Å². The second-order valence-corrected chi connectivity index (χ2v) is 8.21. The van der Waals surface area contributed by atoms with Crippen LogP contribution in [0.25, 0.3) is 0 Å². The van der Waals surface area contributed by atoms with Gasteiger partial charge in [0.25, 0.3) is 0 Å². The number of guanidine groups is 1. The van der Waals surface area contributed by atoms with Crippen LogP contribution >= 0.6 is 0 Å². The van der Waals surface area contributed by atoms with Gasteiger partial charge in [0, 0.05) is 59.3 Å². The molecule has 2 unspecified atom stereocenters. The van der Waals surface area contributed by atoms with Gasteiger partial charge in [-0.25, -0.2) is 4.99 Å². The number of nitrogens with one attached hydrogen (secondary N) is 1. The van der Waals surface area contributed by atoms with Gasteiger partial charge in [-0.05, 0) is 32.2 Å². The van der Waals surface area contributed by atoms with E-state index in [1.807, 2.05) is 0 Å². The van der Waals surface area contributed by atoms with Crippen LogP contribution in [0.4, 0.5) is 0 Å². The summed E-state index contributed by atoms with van der Waals surface area (Å²) in [6, 6.07) is 0. The molecule has 0 aromatic carbocycles. The molecule has 8 nitrogen and oxygen atoms in total. The standard InChI is InChI=1S/C20H37N5O3/c1-23(2)19(26)15-22-20(21-7-4-8-24-10-13-27-14-11-24)25-9-6-18-17(16-25)5-3-12-28-18/h17-18H,3-16H2,1-2H3,(H,21,22). The molecule has 1 N–H and O–H groups in total. The summed E-state index contributed by atoms with van der Waals surface area (Å²) in [6.07, 6.45) is 4.87. The summed E-state index contributed by atoms with van der Waals surface area (Å²) in [5.41, 5.74) is 0. The highest BCUT2D eigenvalue weighted by molar-refractivity contribution is 5.84. The number of likely N-dealkylation sites (N-methyl/N-ethyl adjacent to an activating group) is 1. The zero-order chi connectivity index (χ0) is 19.8. The van der Waals surface area contributed by atoms with Crippen molar-refractivity contribution in [3.63, 3.8) is 0 Å². The molecule has 0 bridgehead atoms. The van der Waals surface area contributed by atoms with E-state index < -0.39 is 0 Å². The lowest BCUT2D eigenvalue weighted by Gasteiger charge is -2.42. The van der Waals surface area contributed by atoms with Crippen LogP contribution in [0, 0.1) is 5.92 Å². The van der Waals surface area contributed by atoms with Gasteiger partial charge in [-0.2, -0.15) is 0 Å². The van der Waals surface area contributed by atoms with Crippen molar-refractivity contribution in [2.75, 3.05) is 79.7 Å². The van der Waals surface area contributed by atoms with Gasteiger partial charge in [0.05, 0.1) is 19.3 Å². The highest BCUT2D eigenvalue weighted by Crippen LogP contribution is 2.28. The van der Waals surface area contributed by atoms with Crippen LogP contribution in [-0.4, -0.2) is 112 Å². The zero-order valence-electron chi connectivity index (χ0n) is 17.6. The first-order valence-corrected chi connectivity index (χ1v) is 10.8. The van der Waals surface area contributed by atoms with Crippen molar-refractivity contribution in [3.05, 3.63) is 0 Å². The molecule has 3 aliphatic rings. The number of piperidine rings is 1. The number of aliphatic imine (C=N–C) groups is 1. The number of carbonyl (C=O) groups is 1. The average Bonchev–Trinajstić information content (AvgIpc) is 2.73. The van der Waals surface area contributed by atoms with Crippen molar-refractivity contribution in [2.24, 2.45) is 10.9 Å². The van der Waals surface area contributed by atoms with E-state index in [1.54, 1.807) is 19.0 Å². The smallest absolute Gasteiger partial charge is 0.243 e. The molecule has 0 aromatic heterocycles. The van der Waals surface area contributed by atoms with Crippen LogP contribution < -0.4 is 5.32 Å². The Kier molecular flexibility index (Phi) is 8.36. The fourth-order valence-corrected chi connectivity index (χ4v) is 4.16. The number of hydrogen-bond donors (Lipinski definition) is 1. The molecule has 0 radical (unpaired) electrons. The number of carbonyl (C=O) groups excluding carboxylic acids is 1. The predicted molar refractivity (Wildman–Crippen MR) is 110 cm³/mol. The minimum atomic E-state index is 0.0310. The van der Waals surface area contributed by atoms with Gasteiger partial charge in [0.15, 0.2) is 5.96 Å². The first-order chi connectivity index (χ1) is 13.6. The van der Waals surface area contributed by atoms with Gasteiger partial charge in [0.1, 0.15) is 6.54 Å². The Morgan fingerprint density at radius 3 is 2.79 bits per heavy atom. The van der Waals surface area contributed by atoms with Crippen LogP contribution in [0.15, 0.2) is 4.99 Å². The third kappa shape index (κ3) is 6.32. The summed E-state index contributed by atoms with van der Waals surface area (Å²) < 4.78 is 11.4. The van der Waals surface area contributed by atoms with Crippen molar-refractivity contribution >= 4 is 11.9 Å². The molecule has 0 aliphatic carbocycles. The molecular formula is C20H37N5O3. The normalized spacial score (nSPS) is 26.6. The van der Waals surface area contributed by atoms with E-state index in [1.165, 1.54) is 6.42 Å².